The maximum atomic E-state index is 12.0. The number of carbonyl (C=O) groups is 1. The van der Waals surface area contributed by atoms with E-state index in [0.717, 1.165) is 37.2 Å². The first-order chi connectivity index (χ1) is 13.4. The van der Waals surface area contributed by atoms with E-state index >= 15 is 0 Å². The fraction of sp³-hybridized carbons (Fsp3) is 0.368. The number of piperidine rings is 1. The van der Waals surface area contributed by atoms with Crippen LogP contribution in [-0.2, 0) is 16.4 Å². The molecule has 150 valence electrons. The highest BCUT2D eigenvalue weighted by Gasteiger charge is 2.17. The largest absolute Gasteiger partial charge is 0.381 e. The van der Waals surface area contributed by atoms with Gasteiger partial charge in [0.2, 0.25) is 10.0 Å². The zero-order valence-corrected chi connectivity index (χ0v) is 16.6. The smallest absolute Gasteiger partial charge is 0.252 e. The zero-order chi connectivity index (χ0) is 20.1. The summed E-state index contributed by atoms with van der Waals surface area (Å²) in [6.07, 6.45) is 3.84. The van der Waals surface area contributed by atoms with E-state index in [4.69, 9.17) is 5.73 Å². The third kappa shape index (κ3) is 4.86. The molecule has 0 saturated carbocycles. The van der Waals surface area contributed by atoms with Crippen molar-refractivity contribution >= 4 is 21.6 Å². The van der Waals surface area contributed by atoms with E-state index in [9.17, 15) is 13.2 Å². The maximum absolute atomic E-state index is 12.0. The molecule has 0 unspecified atom stereocenters. The van der Waals surface area contributed by atoms with Crippen molar-refractivity contribution in [3.05, 3.63) is 53.3 Å². The Labute approximate surface area is 165 Å². The summed E-state index contributed by atoms with van der Waals surface area (Å²) < 4.78 is 26.3. The van der Waals surface area contributed by atoms with Gasteiger partial charge in [0.1, 0.15) is 0 Å². The predicted molar refractivity (Wildman–Crippen MR) is 108 cm³/mol. The quantitative estimate of drug-likeness (QED) is 0.543. The van der Waals surface area contributed by atoms with Gasteiger partial charge in [-0.2, -0.15) is 0 Å². The zero-order valence-electron chi connectivity index (χ0n) is 15.7. The molecule has 1 aliphatic heterocycles. The Hall–Kier alpha value is -2.49. The number of anilines is 1. The second-order valence-electron chi connectivity index (χ2n) is 6.79. The monoisotopic (exact) mass is 403 g/mol. The topological polar surface area (TPSA) is 126 Å². The van der Waals surface area contributed by atoms with Crippen molar-refractivity contribution in [3.8, 4) is 0 Å². The van der Waals surface area contributed by atoms with Crippen LogP contribution in [0.1, 0.15) is 34.5 Å². The number of benzene rings is 1. The van der Waals surface area contributed by atoms with Crippen LogP contribution in [0.5, 0.6) is 0 Å². The molecule has 8 nitrogen and oxygen atoms in total. The summed E-state index contributed by atoms with van der Waals surface area (Å²) >= 11 is 0. The molecule has 3 rings (SSSR count). The van der Waals surface area contributed by atoms with E-state index in [2.05, 4.69) is 20.3 Å². The van der Waals surface area contributed by atoms with E-state index in [1.54, 1.807) is 18.2 Å². The molecule has 2 heterocycles. The molecule has 1 aromatic heterocycles. The molecule has 0 atom stereocenters. The highest BCUT2D eigenvalue weighted by Crippen LogP contribution is 2.21. The average molecular weight is 404 g/mol. The van der Waals surface area contributed by atoms with Gasteiger partial charge in [-0.3, -0.25) is 9.78 Å². The Balaban J connectivity index is 1.85. The lowest BCUT2D eigenvalue weighted by Crippen LogP contribution is -2.35. The fourth-order valence-electron chi connectivity index (χ4n) is 3.25. The molecule has 1 saturated heterocycles. The Morgan fingerprint density at radius 2 is 2.04 bits per heavy atom. The molecule has 9 heteroatoms. The normalized spacial score (nSPS) is 15.3. The third-order valence-corrected chi connectivity index (χ3v) is 6.20. The molecule has 0 bridgehead atoms. The van der Waals surface area contributed by atoms with Crippen LogP contribution in [0, 0.1) is 0 Å². The first kappa shape index (κ1) is 20.2. The standard InChI is InChI=1S/C19H25N5O3S/c1-21-28(26,27)16-4-2-3-13(10-16)9-15-11-18(17(12-23-15)19(20)25)24-14-5-7-22-8-6-14/h2-4,10-12,14,21-22H,5-9H2,1H3,(H2,20,25)(H,23,24). The summed E-state index contributed by atoms with van der Waals surface area (Å²) in [4.78, 5) is 16.3. The lowest BCUT2D eigenvalue weighted by molar-refractivity contribution is 0.100. The van der Waals surface area contributed by atoms with Crippen LogP contribution in [0.3, 0.4) is 0 Å². The number of aromatic nitrogens is 1. The van der Waals surface area contributed by atoms with E-state index < -0.39 is 15.9 Å². The lowest BCUT2D eigenvalue weighted by atomic mass is 10.0. The van der Waals surface area contributed by atoms with Crippen LogP contribution >= 0.6 is 0 Å². The SMILES string of the molecule is CNS(=O)(=O)c1cccc(Cc2cc(NC3CCNCC3)c(C(N)=O)cn2)c1. The molecule has 0 radical (unpaired) electrons. The summed E-state index contributed by atoms with van der Waals surface area (Å²) in [7, 11) is -2.13. The summed E-state index contributed by atoms with van der Waals surface area (Å²) in [5.74, 6) is -0.530. The highest BCUT2D eigenvalue weighted by atomic mass is 32.2. The molecule has 0 aliphatic carbocycles. The second-order valence-corrected chi connectivity index (χ2v) is 8.67. The van der Waals surface area contributed by atoms with Gasteiger partial charge in [0.25, 0.3) is 5.91 Å². The van der Waals surface area contributed by atoms with Gasteiger partial charge in [0.15, 0.2) is 0 Å². The minimum Gasteiger partial charge on any atom is -0.381 e. The average Bonchev–Trinajstić information content (AvgIpc) is 2.69. The van der Waals surface area contributed by atoms with Crippen molar-refractivity contribution in [3.63, 3.8) is 0 Å². The van der Waals surface area contributed by atoms with Crippen LogP contribution in [0.15, 0.2) is 41.4 Å². The van der Waals surface area contributed by atoms with E-state index in [1.165, 1.54) is 13.2 Å². The molecule has 5 N–H and O–H groups in total. The van der Waals surface area contributed by atoms with Crippen molar-refractivity contribution in [1.82, 2.24) is 15.0 Å². The lowest BCUT2D eigenvalue weighted by Gasteiger charge is -2.25. The van der Waals surface area contributed by atoms with Crippen molar-refractivity contribution < 1.29 is 13.2 Å². The van der Waals surface area contributed by atoms with Crippen molar-refractivity contribution in [2.24, 2.45) is 5.73 Å². The number of amides is 1. The number of sulfonamides is 1. The van der Waals surface area contributed by atoms with Gasteiger partial charge >= 0.3 is 0 Å². The minimum atomic E-state index is -3.51. The number of nitrogens with zero attached hydrogens (tertiary/aromatic N) is 1. The maximum Gasteiger partial charge on any atom is 0.252 e. The van der Waals surface area contributed by atoms with Crippen molar-refractivity contribution in [1.29, 1.82) is 0 Å². The Bertz CT molecular complexity index is 956. The molecular formula is C19H25N5O3S. The van der Waals surface area contributed by atoms with Crippen LogP contribution in [0.25, 0.3) is 0 Å². The Morgan fingerprint density at radius 1 is 1.29 bits per heavy atom. The van der Waals surface area contributed by atoms with Gasteiger partial charge in [0.05, 0.1) is 16.1 Å². The molecule has 0 spiro atoms. The molecular weight excluding hydrogens is 378 g/mol. The summed E-state index contributed by atoms with van der Waals surface area (Å²) in [6, 6.07) is 8.79. The Kier molecular flexibility index (Phi) is 6.28. The van der Waals surface area contributed by atoms with Gasteiger partial charge in [-0.15, -0.1) is 0 Å². The number of nitrogens with one attached hydrogen (secondary N) is 3. The molecule has 1 amide bonds. The van der Waals surface area contributed by atoms with E-state index in [1.807, 2.05) is 12.1 Å². The number of nitrogens with two attached hydrogens (primary N) is 1. The number of hydrogen-bond acceptors (Lipinski definition) is 6. The number of pyridine rings is 1. The number of hydrogen-bond donors (Lipinski definition) is 4. The van der Waals surface area contributed by atoms with E-state index in [0.29, 0.717) is 17.7 Å². The van der Waals surface area contributed by atoms with E-state index in [-0.39, 0.29) is 10.9 Å². The van der Waals surface area contributed by atoms with Crippen LogP contribution in [-0.4, -0.2) is 45.5 Å². The van der Waals surface area contributed by atoms with Gasteiger partial charge in [0, 0.05) is 24.4 Å². The number of carbonyl (C=O) groups excluding carboxylic acids is 1. The van der Waals surface area contributed by atoms with Crippen LogP contribution in [0.4, 0.5) is 5.69 Å². The van der Waals surface area contributed by atoms with Gasteiger partial charge in [-0.05, 0) is 56.7 Å². The molecule has 1 aliphatic rings. The van der Waals surface area contributed by atoms with Gasteiger partial charge < -0.3 is 16.4 Å². The predicted octanol–water partition coefficient (Wildman–Crippen LogP) is 0.843. The first-order valence-corrected chi connectivity index (χ1v) is 10.7. The highest BCUT2D eigenvalue weighted by molar-refractivity contribution is 7.89. The first-order valence-electron chi connectivity index (χ1n) is 9.17. The summed E-state index contributed by atoms with van der Waals surface area (Å²) in [5.41, 5.74) is 8.06. The minimum absolute atomic E-state index is 0.203. The van der Waals surface area contributed by atoms with Crippen LogP contribution in [0.2, 0.25) is 0 Å². The third-order valence-electron chi connectivity index (χ3n) is 4.79. The van der Waals surface area contributed by atoms with Crippen LogP contribution < -0.4 is 21.1 Å². The Morgan fingerprint density at radius 3 is 2.71 bits per heavy atom. The molecule has 2 aromatic rings. The molecule has 28 heavy (non-hydrogen) atoms. The molecule has 1 fully saturated rings. The molecule has 1 aromatic carbocycles. The summed E-state index contributed by atoms with van der Waals surface area (Å²) in [6.45, 7) is 1.85. The van der Waals surface area contributed by atoms with Gasteiger partial charge in [-0.25, -0.2) is 13.1 Å². The van der Waals surface area contributed by atoms with Crippen molar-refractivity contribution in [2.75, 3.05) is 25.5 Å². The number of rotatable bonds is 7. The fourth-order valence-corrected chi connectivity index (χ4v) is 4.05. The van der Waals surface area contributed by atoms with Crippen molar-refractivity contribution in [2.45, 2.75) is 30.2 Å². The summed E-state index contributed by atoms with van der Waals surface area (Å²) in [5, 5.41) is 6.72. The number of primary amides is 1. The van der Waals surface area contributed by atoms with Gasteiger partial charge in [-0.1, -0.05) is 12.1 Å². The second kappa shape index (κ2) is 8.68.